The molecule has 1 aromatic carbocycles. The van der Waals surface area contributed by atoms with Crippen molar-refractivity contribution in [3.8, 4) is 0 Å². The van der Waals surface area contributed by atoms with E-state index in [9.17, 15) is 13.2 Å². The Hall–Kier alpha value is -2.18. The largest absolute Gasteiger partial charge is 0.435 e. The molecule has 1 aromatic rings. The van der Waals surface area contributed by atoms with Gasteiger partial charge in [-0.05, 0) is 11.6 Å². The fraction of sp³-hybridized carbons (Fsp3) is 0.0714. The molecule has 0 spiro atoms. The second-order valence-electron chi connectivity index (χ2n) is 3.00. The van der Waals surface area contributed by atoms with Crippen molar-refractivity contribution in [2.45, 2.75) is 6.92 Å². The first-order chi connectivity index (χ1) is 9.35. The molecular formula is C14H18O5S. The Morgan fingerprint density at radius 1 is 1.25 bits per heavy atom. The SMILES string of the molecule is C=C.C=COC(C)=O.O=S(=O)(O)C=Cc1ccccc1. The van der Waals surface area contributed by atoms with Gasteiger partial charge in [-0.25, -0.2) is 0 Å². The zero-order valence-corrected chi connectivity index (χ0v) is 12.0. The molecule has 1 rings (SSSR count). The molecule has 0 fully saturated rings. The van der Waals surface area contributed by atoms with Crippen LogP contribution in [0.3, 0.4) is 0 Å². The summed E-state index contributed by atoms with van der Waals surface area (Å²) < 4.78 is 33.1. The first-order valence-corrected chi connectivity index (χ1v) is 6.84. The third kappa shape index (κ3) is 15.8. The molecule has 0 radical (unpaired) electrons. The van der Waals surface area contributed by atoms with E-state index in [1.807, 2.05) is 6.07 Å². The van der Waals surface area contributed by atoms with Crippen molar-refractivity contribution < 1.29 is 22.5 Å². The lowest BCUT2D eigenvalue weighted by atomic mass is 10.2. The maximum absolute atomic E-state index is 10.3. The number of carbonyl (C=O) groups excluding carboxylic acids is 1. The summed E-state index contributed by atoms with van der Waals surface area (Å²) in [5, 5.41) is 0.752. The van der Waals surface area contributed by atoms with Crippen molar-refractivity contribution in [1.29, 1.82) is 0 Å². The lowest BCUT2D eigenvalue weighted by Gasteiger charge is -1.89. The molecular weight excluding hydrogens is 280 g/mol. The maximum atomic E-state index is 10.3. The average molecular weight is 298 g/mol. The van der Waals surface area contributed by atoms with Crippen LogP contribution in [0.1, 0.15) is 12.5 Å². The summed E-state index contributed by atoms with van der Waals surface area (Å²) in [4.78, 5) is 9.75. The zero-order valence-electron chi connectivity index (χ0n) is 11.2. The molecule has 0 aliphatic carbocycles. The minimum atomic E-state index is -4.00. The van der Waals surface area contributed by atoms with E-state index < -0.39 is 10.1 Å². The number of carbonyl (C=O) groups is 1. The second-order valence-corrected chi connectivity index (χ2v) is 4.31. The Morgan fingerprint density at radius 2 is 1.75 bits per heavy atom. The number of hydrogen-bond acceptors (Lipinski definition) is 4. The van der Waals surface area contributed by atoms with Crippen LogP contribution in [0.4, 0.5) is 0 Å². The summed E-state index contributed by atoms with van der Waals surface area (Å²) >= 11 is 0. The van der Waals surface area contributed by atoms with Gasteiger partial charge in [-0.15, -0.1) is 13.2 Å². The van der Waals surface area contributed by atoms with Crippen LogP contribution in [0.15, 0.2) is 61.7 Å². The van der Waals surface area contributed by atoms with Crippen molar-refractivity contribution in [3.05, 3.63) is 67.3 Å². The molecule has 0 aliphatic rings. The van der Waals surface area contributed by atoms with Crippen LogP contribution in [0.25, 0.3) is 6.08 Å². The van der Waals surface area contributed by atoms with Crippen LogP contribution in [-0.4, -0.2) is 18.9 Å². The van der Waals surface area contributed by atoms with E-state index in [1.54, 1.807) is 24.3 Å². The van der Waals surface area contributed by atoms with Gasteiger partial charge >= 0.3 is 5.97 Å². The highest BCUT2D eigenvalue weighted by molar-refractivity contribution is 7.88. The highest BCUT2D eigenvalue weighted by Gasteiger charge is 1.94. The first-order valence-electron chi connectivity index (χ1n) is 5.34. The second kappa shape index (κ2) is 11.9. The lowest BCUT2D eigenvalue weighted by Crippen LogP contribution is -1.88. The van der Waals surface area contributed by atoms with Crippen LogP contribution >= 0.6 is 0 Å². The van der Waals surface area contributed by atoms with E-state index in [1.165, 1.54) is 13.0 Å². The Bertz CT molecular complexity index is 518. The topological polar surface area (TPSA) is 80.7 Å². The summed E-state index contributed by atoms with van der Waals surface area (Å²) in [5.74, 6) is -0.329. The molecule has 0 aliphatic heterocycles. The smallest absolute Gasteiger partial charge is 0.307 e. The predicted octanol–water partition coefficient (Wildman–Crippen LogP) is 3.04. The van der Waals surface area contributed by atoms with Crippen LogP contribution in [0.5, 0.6) is 0 Å². The normalized spacial score (nSPS) is 9.50. The van der Waals surface area contributed by atoms with Gasteiger partial charge in [0.2, 0.25) is 0 Å². The van der Waals surface area contributed by atoms with E-state index in [4.69, 9.17) is 4.55 Å². The zero-order chi connectivity index (χ0) is 16.0. The molecule has 20 heavy (non-hydrogen) atoms. The number of hydrogen-bond donors (Lipinski definition) is 1. The van der Waals surface area contributed by atoms with Gasteiger partial charge in [0, 0.05) is 6.92 Å². The molecule has 0 unspecified atom stereocenters. The van der Waals surface area contributed by atoms with Crippen molar-refractivity contribution in [2.75, 3.05) is 0 Å². The molecule has 1 N–H and O–H groups in total. The summed E-state index contributed by atoms with van der Waals surface area (Å²) in [6.07, 6.45) is 2.43. The summed E-state index contributed by atoms with van der Waals surface area (Å²) in [6, 6.07) is 8.86. The minimum Gasteiger partial charge on any atom is -0.435 e. The molecule has 0 heterocycles. The van der Waals surface area contributed by atoms with E-state index in [2.05, 4.69) is 24.5 Å². The molecule has 0 amide bonds. The summed E-state index contributed by atoms with van der Waals surface area (Å²) in [7, 11) is -4.00. The monoisotopic (exact) mass is 298 g/mol. The molecule has 6 heteroatoms. The average Bonchev–Trinajstić information content (AvgIpc) is 2.40. The van der Waals surface area contributed by atoms with Crippen molar-refractivity contribution in [1.82, 2.24) is 0 Å². The lowest BCUT2D eigenvalue weighted by molar-refractivity contribution is -0.135. The number of esters is 1. The summed E-state index contributed by atoms with van der Waals surface area (Å²) in [5.41, 5.74) is 0.732. The van der Waals surface area contributed by atoms with E-state index in [-0.39, 0.29) is 5.97 Å². The Kier molecular flexibility index (Phi) is 12.0. The molecule has 0 saturated carbocycles. The van der Waals surface area contributed by atoms with Crippen LogP contribution < -0.4 is 0 Å². The number of ether oxygens (including phenoxy) is 1. The van der Waals surface area contributed by atoms with Gasteiger partial charge in [-0.3, -0.25) is 9.35 Å². The van der Waals surface area contributed by atoms with Crippen molar-refractivity contribution in [2.24, 2.45) is 0 Å². The van der Waals surface area contributed by atoms with E-state index >= 15 is 0 Å². The molecule has 0 aromatic heterocycles. The molecule has 0 bridgehead atoms. The Labute approximate surface area is 119 Å². The van der Waals surface area contributed by atoms with Gasteiger partial charge in [-0.1, -0.05) is 36.9 Å². The van der Waals surface area contributed by atoms with Crippen LogP contribution in [0.2, 0.25) is 0 Å². The first kappa shape index (κ1) is 20.1. The standard InChI is InChI=1S/C8H8O3S.C4H6O2.C2H4/c9-12(10,11)7-6-8-4-2-1-3-5-8;1-3-6-4(2)5;1-2/h1-7H,(H,9,10,11);3H,1H2,2H3;1-2H2. The Morgan fingerprint density at radius 3 is 2.05 bits per heavy atom. The van der Waals surface area contributed by atoms with Crippen LogP contribution in [-0.2, 0) is 19.6 Å². The van der Waals surface area contributed by atoms with E-state index in [0.29, 0.717) is 0 Å². The van der Waals surface area contributed by atoms with Gasteiger partial charge in [0.05, 0.1) is 11.7 Å². The molecule has 0 atom stereocenters. The quantitative estimate of drug-likeness (QED) is 0.401. The van der Waals surface area contributed by atoms with Gasteiger partial charge in [-0.2, -0.15) is 8.42 Å². The third-order valence-corrected chi connectivity index (χ3v) is 1.96. The minimum absolute atomic E-state index is 0.329. The highest BCUT2D eigenvalue weighted by Crippen LogP contribution is 2.01. The number of benzene rings is 1. The Balaban J connectivity index is 0. The molecule has 0 saturated heterocycles. The molecule has 5 nitrogen and oxygen atoms in total. The fourth-order valence-electron chi connectivity index (χ4n) is 0.846. The highest BCUT2D eigenvalue weighted by atomic mass is 32.2. The maximum Gasteiger partial charge on any atom is 0.307 e. The predicted molar refractivity (Wildman–Crippen MR) is 80.2 cm³/mol. The van der Waals surface area contributed by atoms with Crippen LogP contribution in [0, 0.1) is 0 Å². The van der Waals surface area contributed by atoms with E-state index in [0.717, 1.165) is 17.2 Å². The van der Waals surface area contributed by atoms with Gasteiger partial charge in [0.25, 0.3) is 10.1 Å². The van der Waals surface area contributed by atoms with Gasteiger partial charge in [0.1, 0.15) is 0 Å². The fourth-order valence-corrected chi connectivity index (χ4v) is 1.18. The van der Waals surface area contributed by atoms with Gasteiger partial charge in [0.15, 0.2) is 0 Å². The summed E-state index contributed by atoms with van der Waals surface area (Å²) in [6.45, 7) is 10.5. The van der Waals surface area contributed by atoms with Gasteiger partial charge < -0.3 is 4.74 Å². The number of rotatable bonds is 3. The molecule has 110 valence electrons. The van der Waals surface area contributed by atoms with Crippen molar-refractivity contribution in [3.63, 3.8) is 0 Å². The third-order valence-electron chi connectivity index (χ3n) is 1.48. The van der Waals surface area contributed by atoms with Crippen molar-refractivity contribution >= 4 is 22.2 Å².